The molecule has 0 saturated carbocycles. The first-order valence-corrected chi connectivity index (χ1v) is 8.05. The average molecular weight is 368 g/mol. The molecule has 0 aliphatic rings. The minimum Gasteiger partial charge on any atom is -0.293 e. The fourth-order valence-corrected chi connectivity index (χ4v) is 3.96. The van der Waals surface area contributed by atoms with Gasteiger partial charge in [0.15, 0.2) is 5.78 Å². The molecule has 0 unspecified atom stereocenters. The van der Waals surface area contributed by atoms with Crippen LogP contribution < -0.4 is 0 Å². The van der Waals surface area contributed by atoms with Crippen LogP contribution in [-0.4, -0.2) is 5.78 Å². The summed E-state index contributed by atoms with van der Waals surface area (Å²) in [6, 6.07) is 0. The number of carbonyl (C=O) groups excluding carboxylic acids is 1. The average Bonchev–Trinajstić information content (AvgIpc) is 2.59. The molecule has 1 nitrogen and oxygen atoms in total. The van der Waals surface area contributed by atoms with Crippen molar-refractivity contribution in [3.63, 3.8) is 0 Å². The highest BCUT2D eigenvalue weighted by molar-refractivity contribution is 9.13. The lowest BCUT2D eigenvalue weighted by molar-refractivity contribution is 0.0908. The predicted molar refractivity (Wildman–Crippen MR) is 77.4 cm³/mol. The number of hydrogen-bond acceptors (Lipinski definition) is 2. The molecule has 0 aromatic carbocycles. The van der Waals surface area contributed by atoms with Crippen molar-refractivity contribution in [2.75, 3.05) is 0 Å². The van der Waals surface area contributed by atoms with Crippen LogP contribution in [0.3, 0.4) is 0 Å². The normalized spacial score (nSPS) is 11.1. The molecule has 1 aromatic heterocycles. The number of Topliss-reactive ketones (excluding diaryl/α,β-unsaturated/α-hetero) is 1. The van der Waals surface area contributed by atoms with Crippen LogP contribution in [0.5, 0.6) is 0 Å². The highest BCUT2D eigenvalue weighted by Gasteiger charge is 2.22. The maximum absolute atomic E-state index is 12.3. The molecule has 0 bridgehead atoms. The minimum atomic E-state index is 0.192. The molecule has 1 aromatic rings. The van der Waals surface area contributed by atoms with E-state index >= 15 is 0 Å². The van der Waals surface area contributed by atoms with E-state index in [1.54, 1.807) is 0 Å². The summed E-state index contributed by atoms with van der Waals surface area (Å²) in [5.74, 6) is 0.489. The van der Waals surface area contributed by atoms with Crippen molar-refractivity contribution in [1.82, 2.24) is 0 Å². The van der Waals surface area contributed by atoms with Gasteiger partial charge in [-0.2, -0.15) is 0 Å². The lowest BCUT2D eigenvalue weighted by atomic mass is 9.93. The van der Waals surface area contributed by atoms with Gasteiger partial charge in [0.1, 0.15) is 0 Å². The summed E-state index contributed by atoms with van der Waals surface area (Å²) in [6.07, 6.45) is 4.13. The van der Waals surface area contributed by atoms with E-state index in [-0.39, 0.29) is 5.92 Å². The molecule has 0 saturated heterocycles. The number of ketones is 1. The molecule has 1 heterocycles. The van der Waals surface area contributed by atoms with Crippen LogP contribution in [-0.2, 0) is 0 Å². The van der Waals surface area contributed by atoms with Gasteiger partial charge in [-0.15, -0.1) is 11.3 Å². The Balaban J connectivity index is 2.85. The number of halogens is 2. The third kappa shape index (κ3) is 3.41. The van der Waals surface area contributed by atoms with Crippen LogP contribution in [0.1, 0.15) is 49.2 Å². The number of carbonyl (C=O) groups is 1. The molecule has 0 aliphatic heterocycles. The van der Waals surface area contributed by atoms with Crippen LogP contribution in [0.2, 0.25) is 0 Å². The molecular formula is C12H16Br2OS. The highest BCUT2D eigenvalue weighted by Crippen LogP contribution is 2.35. The first-order valence-electron chi connectivity index (χ1n) is 5.58. The van der Waals surface area contributed by atoms with Crippen molar-refractivity contribution in [2.24, 2.45) is 5.92 Å². The zero-order chi connectivity index (χ0) is 12.1. The van der Waals surface area contributed by atoms with Gasteiger partial charge < -0.3 is 0 Å². The van der Waals surface area contributed by atoms with E-state index in [1.165, 1.54) is 11.3 Å². The zero-order valence-electron chi connectivity index (χ0n) is 9.56. The Morgan fingerprint density at radius 3 is 2.25 bits per heavy atom. The van der Waals surface area contributed by atoms with Crippen molar-refractivity contribution < 1.29 is 4.79 Å². The van der Waals surface area contributed by atoms with Crippen molar-refractivity contribution in [3.8, 4) is 0 Å². The summed E-state index contributed by atoms with van der Waals surface area (Å²) < 4.78 is 1.90. The van der Waals surface area contributed by atoms with Gasteiger partial charge in [0.05, 0.1) is 9.35 Å². The molecule has 90 valence electrons. The largest absolute Gasteiger partial charge is 0.293 e. The Hall–Kier alpha value is 0.330. The lowest BCUT2D eigenvalue weighted by Gasteiger charge is -2.13. The number of hydrogen-bond donors (Lipinski definition) is 0. The number of rotatable bonds is 6. The first kappa shape index (κ1) is 14.4. The minimum absolute atomic E-state index is 0.192. The molecule has 0 aliphatic carbocycles. The first-order chi connectivity index (χ1) is 7.61. The van der Waals surface area contributed by atoms with Crippen molar-refractivity contribution >= 4 is 49.0 Å². The van der Waals surface area contributed by atoms with E-state index in [0.29, 0.717) is 5.78 Å². The Bertz CT molecular complexity index is 354. The fourth-order valence-electron chi connectivity index (χ4n) is 1.78. The van der Waals surface area contributed by atoms with Crippen molar-refractivity contribution in [1.29, 1.82) is 0 Å². The summed E-state index contributed by atoms with van der Waals surface area (Å²) in [4.78, 5) is 13.2. The van der Waals surface area contributed by atoms with Crippen LogP contribution in [0.4, 0.5) is 0 Å². The van der Waals surface area contributed by atoms with Crippen molar-refractivity contribution in [3.05, 3.63) is 19.2 Å². The predicted octanol–water partition coefficient (Wildman–Crippen LogP) is 5.67. The zero-order valence-corrected chi connectivity index (χ0v) is 13.5. The van der Waals surface area contributed by atoms with E-state index in [0.717, 1.165) is 39.5 Å². The van der Waals surface area contributed by atoms with Gasteiger partial charge in [0.2, 0.25) is 0 Å². The molecule has 4 heteroatoms. The van der Waals surface area contributed by atoms with Crippen molar-refractivity contribution in [2.45, 2.75) is 39.5 Å². The smallest absolute Gasteiger partial charge is 0.177 e. The standard InChI is InChI=1S/C12H16Br2OS/c1-3-5-8(6-4-2)11(15)12-10(14)9(13)7-16-12/h7-8H,3-6H2,1-2H3. The second-order valence-corrected chi connectivity index (χ2v) is 6.39. The molecule has 1 rings (SSSR count). The van der Waals surface area contributed by atoms with Gasteiger partial charge in [0, 0.05) is 15.8 Å². The summed E-state index contributed by atoms with van der Waals surface area (Å²) in [5, 5.41) is 1.96. The molecule has 16 heavy (non-hydrogen) atoms. The topological polar surface area (TPSA) is 17.1 Å². The van der Waals surface area contributed by atoms with Gasteiger partial charge in [-0.25, -0.2) is 0 Å². The van der Waals surface area contributed by atoms with E-state index < -0.39 is 0 Å². The Labute approximate surface area is 118 Å². The Morgan fingerprint density at radius 2 is 1.88 bits per heavy atom. The van der Waals surface area contributed by atoms with Crippen LogP contribution in [0.15, 0.2) is 14.3 Å². The van der Waals surface area contributed by atoms with Gasteiger partial charge in [-0.3, -0.25) is 4.79 Å². The maximum Gasteiger partial charge on any atom is 0.177 e. The summed E-state index contributed by atoms with van der Waals surface area (Å²) in [6.45, 7) is 4.27. The fraction of sp³-hybridized carbons (Fsp3) is 0.583. The second-order valence-electron chi connectivity index (χ2n) is 3.87. The van der Waals surface area contributed by atoms with Gasteiger partial charge in [0.25, 0.3) is 0 Å². The van der Waals surface area contributed by atoms with E-state index in [2.05, 4.69) is 45.7 Å². The van der Waals surface area contributed by atoms with E-state index in [4.69, 9.17) is 0 Å². The van der Waals surface area contributed by atoms with Gasteiger partial charge >= 0.3 is 0 Å². The van der Waals surface area contributed by atoms with Crippen LogP contribution in [0, 0.1) is 5.92 Å². The summed E-state index contributed by atoms with van der Waals surface area (Å²) in [5.41, 5.74) is 0. The molecule has 0 atom stereocenters. The van der Waals surface area contributed by atoms with Gasteiger partial charge in [-0.05, 0) is 44.7 Å². The third-order valence-corrected chi connectivity index (χ3v) is 6.10. The number of thiophene rings is 1. The van der Waals surface area contributed by atoms with E-state index in [1.807, 2.05) is 5.38 Å². The quantitative estimate of drug-likeness (QED) is 0.591. The third-order valence-electron chi connectivity index (χ3n) is 2.56. The molecule has 0 amide bonds. The highest BCUT2D eigenvalue weighted by atomic mass is 79.9. The maximum atomic E-state index is 12.3. The molecular weight excluding hydrogens is 352 g/mol. The molecule has 0 fully saturated rings. The molecule has 0 N–H and O–H groups in total. The SMILES string of the molecule is CCCC(CCC)C(=O)c1scc(Br)c1Br. The van der Waals surface area contributed by atoms with Gasteiger partial charge in [-0.1, -0.05) is 26.7 Å². The molecule has 0 radical (unpaired) electrons. The van der Waals surface area contributed by atoms with E-state index in [9.17, 15) is 4.79 Å². The van der Waals surface area contributed by atoms with Crippen LogP contribution >= 0.6 is 43.2 Å². The van der Waals surface area contributed by atoms with Crippen LogP contribution in [0.25, 0.3) is 0 Å². The monoisotopic (exact) mass is 366 g/mol. The summed E-state index contributed by atoms with van der Waals surface area (Å²) >= 11 is 8.41. The second kappa shape index (κ2) is 6.92. The Kier molecular flexibility index (Phi) is 6.22. The lowest BCUT2D eigenvalue weighted by Crippen LogP contribution is -2.13. The summed E-state index contributed by atoms with van der Waals surface area (Å²) in [7, 11) is 0. The molecule has 0 spiro atoms. The Morgan fingerprint density at radius 1 is 1.31 bits per heavy atom.